The van der Waals surface area contributed by atoms with Crippen molar-refractivity contribution in [2.24, 2.45) is 4.99 Å². The van der Waals surface area contributed by atoms with Crippen molar-refractivity contribution in [3.8, 4) is 5.75 Å². The molecule has 0 bridgehead atoms. The van der Waals surface area contributed by atoms with Gasteiger partial charge in [0.1, 0.15) is 22.5 Å². The third-order valence-corrected chi connectivity index (χ3v) is 2.04. The predicted molar refractivity (Wildman–Crippen MR) is 51.1 cm³/mol. The fourth-order valence-corrected chi connectivity index (χ4v) is 1.32. The van der Waals surface area contributed by atoms with Gasteiger partial charge in [-0.3, -0.25) is 0 Å². The molecule has 0 spiro atoms. The van der Waals surface area contributed by atoms with Crippen LogP contribution < -0.4 is 15.3 Å². The molecule has 0 aromatic heterocycles. The van der Waals surface area contributed by atoms with E-state index in [9.17, 15) is 4.79 Å². The Morgan fingerprint density at radius 1 is 1.50 bits per heavy atom. The Morgan fingerprint density at radius 3 is 3.07 bits per heavy atom. The van der Waals surface area contributed by atoms with Crippen LogP contribution in [0.5, 0.6) is 5.75 Å². The third kappa shape index (κ3) is 1.30. The highest BCUT2D eigenvalue weighted by Gasteiger charge is 2.10. The quantitative estimate of drug-likeness (QED) is 0.481. The van der Waals surface area contributed by atoms with Crippen LogP contribution in [0.4, 0.5) is 0 Å². The summed E-state index contributed by atoms with van der Waals surface area (Å²) in [5.41, 5.74) is 0.508. The molecule has 3 nitrogen and oxygen atoms in total. The van der Waals surface area contributed by atoms with Gasteiger partial charge in [0.2, 0.25) is 5.57 Å². The zero-order chi connectivity index (χ0) is 9.97. The van der Waals surface area contributed by atoms with Crippen LogP contribution in [0.25, 0.3) is 5.57 Å². The molecule has 0 amide bonds. The number of ether oxygens (including phenoxy) is 1. The van der Waals surface area contributed by atoms with Crippen LogP contribution in [-0.2, 0) is 4.79 Å². The maximum absolute atomic E-state index is 10.7. The van der Waals surface area contributed by atoms with Crippen LogP contribution in [0, 0.1) is 6.08 Å². The lowest BCUT2D eigenvalue weighted by Gasteiger charge is -1.96. The number of nitrogens with zero attached hydrogens (tertiary/aromatic N) is 1. The number of allylic oxidation sites excluding steroid dienone is 1. The number of carbonyl (C=O) groups excluding carboxylic acids is 1. The second-order valence-corrected chi connectivity index (χ2v) is 2.82. The first-order valence-electron chi connectivity index (χ1n) is 4.15. The topological polar surface area (TPSA) is 38.7 Å². The van der Waals surface area contributed by atoms with Gasteiger partial charge in [0.05, 0.1) is 13.2 Å². The van der Waals surface area contributed by atoms with E-state index in [0.29, 0.717) is 11.3 Å². The summed E-state index contributed by atoms with van der Waals surface area (Å²) in [6.07, 6.45) is 5.04. The van der Waals surface area contributed by atoms with Gasteiger partial charge in [0.15, 0.2) is 0 Å². The van der Waals surface area contributed by atoms with E-state index in [-0.39, 0.29) is 0 Å². The first-order valence-corrected chi connectivity index (χ1v) is 4.15. The Labute approximate surface area is 81.0 Å². The fraction of sp³-hybridized carbons (Fsp3) is 0.0909. The standard InChI is InChI=1S/C11H8NO2/c1-14-9-2-3-11-10(6-9)8(7-13)4-5-12-11/h2-3,5-7H,1H3/q+1. The molecular weight excluding hydrogens is 178 g/mol. The Bertz CT molecular complexity index is 515. The molecule has 0 radical (unpaired) electrons. The van der Waals surface area contributed by atoms with Gasteiger partial charge in [-0.15, -0.1) is 0 Å². The van der Waals surface area contributed by atoms with Gasteiger partial charge in [-0.2, -0.15) is 0 Å². The molecule has 1 heterocycles. The monoisotopic (exact) mass is 186 g/mol. The molecule has 2 rings (SSSR count). The minimum atomic E-state index is 0.508. The molecule has 0 saturated carbocycles. The molecule has 0 fully saturated rings. The molecule has 0 N–H and O–H groups in total. The van der Waals surface area contributed by atoms with Gasteiger partial charge in [-0.05, 0) is 12.1 Å². The van der Waals surface area contributed by atoms with Crippen molar-refractivity contribution < 1.29 is 9.53 Å². The average molecular weight is 186 g/mol. The van der Waals surface area contributed by atoms with E-state index in [4.69, 9.17) is 4.74 Å². The summed E-state index contributed by atoms with van der Waals surface area (Å²) in [6.45, 7) is 0. The van der Waals surface area contributed by atoms with Gasteiger partial charge >= 0.3 is 0 Å². The average Bonchev–Trinajstić information content (AvgIpc) is 2.27. The number of benzene rings is 1. The molecule has 0 atom stereocenters. The Kier molecular flexibility index (Phi) is 2.09. The zero-order valence-electron chi connectivity index (χ0n) is 7.65. The largest absolute Gasteiger partial charge is 0.496 e. The molecule has 0 saturated heterocycles. The number of carbonyl (C=O) groups is 1. The second-order valence-electron chi connectivity index (χ2n) is 2.82. The maximum Gasteiger partial charge on any atom is 0.266 e. The summed E-state index contributed by atoms with van der Waals surface area (Å²) < 4.78 is 5.06. The maximum atomic E-state index is 10.7. The number of fused-ring (bicyclic) bond motifs is 1. The van der Waals surface area contributed by atoms with Crippen molar-refractivity contribution in [1.29, 1.82) is 0 Å². The van der Waals surface area contributed by atoms with Crippen LogP contribution in [0.2, 0.25) is 0 Å². The van der Waals surface area contributed by atoms with Crippen LogP contribution in [0.15, 0.2) is 29.4 Å². The van der Waals surface area contributed by atoms with Crippen molar-refractivity contribution in [3.63, 3.8) is 0 Å². The van der Waals surface area contributed by atoms with E-state index in [0.717, 1.165) is 16.9 Å². The highest BCUT2D eigenvalue weighted by Crippen LogP contribution is 2.03. The third-order valence-electron chi connectivity index (χ3n) is 2.04. The lowest BCUT2D eigenvalue weighted by atomic mass is 10.1. The van der Waals surface area contributed by atoms with Gasteiger partial charge in [-0.25, -0.2) is 9.79 Å². The molecule has 68 valence electrons. The molecule has 1 aromatic rings. The van der Waals surface area contributed by atoms with Gasteiger partial charge < -0.3 is 4.74 Å². The summed E-state index contributed by atoms with van der Waals surface area (Å²) in [6, 6.07) is 5.40. The molecule has 1 aliphatic rings. The number of methoxy groups -OCH3 is 1. The lowest BCUT2D eigenvalue weighted by molar-refractivity contribution is -0.103. The Hall–Kier alpha value is -1.99. The number of rotatable bonds is 2. The molecule has 0 aliphatic carbocycles. The SMILES string of the molecule is COc1ccc2c(c1)=C(C=O)[C+]=CN=2. The van der Waals surface area contributed by atoms with Crippen molar-refractivity contribution in [2.45, 2.75) is 0 Å². The highest BCUT2D eigenvalue weighted by molar-refractivity contribution is 6.01. The molecule has 14 heavy (non-hydrogen) atoms. The smallest absolute Gasteiger partial charge is 0.266 e. The summed E-state index contributed by atoms with van der Waals surface area (Å²) >= 11 is 0. The van der Waals surface area contributed by atoms with Crippen molar-refractivity contribution in [1.82, 2.24) is 0 Å². The van der Waals surface area contributed by atoms with Crippen molar-refractivity contribution in [2.75, 3.05) is 7.11 Å². The summed E-state index contributed by atoms with van der Waals surface area (Å²) in [4.78, 5) is 14.8. The van der Waals surface area contributed by atoms with Crippen molar-refractivity contribution >= 4 is 11.9 Å². The predicted octanol–water partition coefficient (Wildman–Crippen LogP) is -0.00511. The number of aldehydes is 1. The van der Waals surface area contributed by atoms with E-state index in [1.54, 1.807) is 13.2 Å². The molecular formula is C11H8NO2+. The van der Waals surface area contributed by atoms with E-state index < -0.39 is 0 Å². The first kappa shape index (κ1) is 8.60. The minimum absolute atomic E-state index is 0.508. The van der Waals surface area contributed by atoms with E-state index in [1.165, 1.54) is 6.20 Å². The Balaban J connectivity index is 2.81. The van der Waals surface area contributed by atoms with Crippen LogP contribution in [0.3, 0.4) is 0 Å². The van der Waals surface area contributed by atoms with Crippen LogP contribution >= 0.6 is 0 Å². The lowest BCUT2D eigenvalue weighted by Crippen LogP contribution is -2.28. The Morgan fingerprint density at radius 2 is 2.36 bits per heavy atom. The fourth-order valence-electron chi connectivity index (χ4n) is 1.32. The molecule has 3 heteroatoms. The van der Waals surface area contributed by atoms with E-state index in [2.05, 4.69) is 11.1 Å². The van der Waals surface area contributed by atoms with Gasteiger partial charge in [0, 0.05) is 6.07 Å². The zero-order valence-corrected chi connectivity index (χ0v) is 7.65. The van der Waals surface area contributed by atoms with Crippen molar-refractivity contribution in [3.05, 3.63) is 41.1 Å². The summed E-state index contributed by atoms with van der Waals surface area (Å²) in [5.74, 6) is 0.710. The van der Waals surface area contributed by atoms with E-state index >= 15 is 0 Å². The normalized spacial score (nSPS) is 12.5. The van der Waals surface area contributed by atoms with Gasteiger partial charge in [0.25, 0.3) is 6.29 Å². The molecule has 1 aliphatic heterocycles. The van der Waals surface area contributed by atoms with Gasteiger partial charge in [-0.1, -0.05) is 0 Å². The molecule has 1 aromatic carbocycles. The number of hydrogen-bond donors (Lipinski definition) is 0. The van der Waals surface area contributed by atoms with Crippen LogP contribution in [-0.4, -0.2) is 13.4 Å². The summed E-state index contributed by atoms with van der Waals surface area (Å²) in [5, 5.41) is 1.54. The second kappa shape index (κ2) is 3.40. The minimum Gasteiger partial charge on any atom is -0.496 e. The van der Waals surface area contributed by atoms with E-state index in [1.807, 2.05) is 12.1 Å². The van der Waals surface area contributed by atoms with Crippen LogP contribution in [0.1, 0.15) is 0 Å². The highest BCUT2D eigenvalue weighted by atomic mass is 16.5. The number of hydrogen-bond acceptors (Lipinski definition) is 3. The summed E-state index contributed by atoms with van der Waals surface area (Å²) in [7, 11) is 1.59. The first-order chi connectivity index (χ1) is 6.85. The molecule has 0 unspecified atom stereocenters.